The third kappa shape index (κ3) is 1.74. The van der Waals surface area contributed by atoms with E-state index >= 15 is 0 Å². The van der Waals surface area contributed by atoms with Gasteiger partial charge in [-0.05, 0) is 0 Å². The molecule has 19 heavy (non-hydrogen) atoms. The summed E-state index contributed by atoms with van der Waals surface area (Å²) in [6, 6.07) is 23.8. The van der Waals surface area contributed by atoms with E-state index in [2.05, 4.69) is 82.7 Å². The van der Waals surface area contributed by atoms with Gasteiger partial charge in [-0.15, -0.1) is 0 Å². The van der Waals surface area contributed by atoms with Crippen LogP contribution >= 0.6 is 0 Å². The van der Waals surface area contributed by atoms with Gasteiger partial charge in [0.25, 0.3) is 0 Å². The van der Waals surface area contributed by atoms with Crippen LogP contribution in [0.2, 0.25) is 0 Å². The summed E-state index contributed by atoms with van der Waals surface area (Å²) >= 11 is 4.12. The second kappa shape index (κ2) is 4.09. The molecule has 0 aliphatic carbocycles. The topological polar surface area (TPSA) is 0 Å². The molecule has 0 amide bonds. The van der Waals surface area contributed by atoms with Crippen LogP contribution in [-0.2, 0) is 16.0 Å². The molecule has 4 rings (SSSR count). The first-order valence-corrected chi connectivity index (χ1v) is 6.86. The van der Waals surface area contributed by atoms with Crippen LogP contribution < -0.4 is 4.46 Å². The van der Waals surface area contributed by atoms with Gasteiger partial charge in [-0.25, -0.2) is 0 Å². The van der Waals surface area contributed by atoms with Crippen molar-refractivity contribution in [2.75, 3.05) is 0 Å². The summed E-state index contributed by atoms with van der Waals surface area (Å²) in [6.45, 7) is 0. The summed E-state index contributed by atoms with van der Waals surface area (Å²) in [5.74, 6) is 0. The van der Waals surface area contributed by atoms with E-state index in [0.29, 0.717) is 0 Å². The minimum absolute atomic E-state index is 1.09. The molecule has 0 aliphatic heterocycles. The first-order valence-electron chi connectivity index (χ1n) is 6.31. The van der Waals surface area contributed by atoms with Crippen molar-refractivity contribution in [3.05, 3.63) is 66.7 Å². The number of rotatable bonds is 0. The summed E-state index contributed by atoms with van der Waals surface area (Å²) in [6.07, 6.45) is 0. The van der Waals surface area contributed by atoms with Crippen LogP contribution in [0, 0.1) is 0 Å². The molecule has 0 atom stereocenters. The Hall–Kier alpha value is -1.82. The monoisotopic (exact) mass is 283 g/mol. The normalized spacial score (nSPS) is 11.4. The molecule has 0 aliphatic rings. The van der Waals surface area contributed by atoms with Gasteiger partial charge < -0.3 is 0 Å². The molecule has 0 radical (unpaired) electrons. The quantitative estimate of drug-likeness (QED) is 0.333. The number of hydrogen-bond acceptors (Lipinski definition) is 0. The van der Waals surface area contributed by atoms with Gasteiger partial charge in [-0.3, -0.25) is 0 Å². The van der Waals surface area contributed by atoms with Crippen molar-refractivity contribution < 1.29 is 16.0 Å². The summed E-state index contributed by atoms with van der Waals surface area (Å²) < 4.78 is 1.09. The Labute approximate surface area is 119 Å². The van der Waals surface area contributed by atoms with E-state index in [9.17, 15) is 0 Å². The zero-order chi connectivity index (χ0) is 12.8. The third-order valence-electron chi connectivity index (χ3n) is 3.64. The fourth-order valence-electron chi connectivity index (χ4n) is 2.67. The molecule has 0 bridgehead atoms. The van der Waals surface area contributed by atoms with E-state index in [1.165, 1.54) is 32.3 Å². The van der Waals surface area contributed by atoms with Crippen LogP contribution in [0.4, 0.5) is 0 Å². The molecule has 0 spiro atoms. The van der Waals surface area contributed by atoms with Gasteiger partial charge in [0.05, 0.1) is 0 Å². The average Bonchev–Trinajstić information content (AvgIpc) is 2.44. The Bertz CT molecular complexity index is 922. The van der Waals surface area contributed by atoms with Crippen molar-refractivity contribution >= 4 is 36.8 Å². The molecule has 0 aromatic heterocycles. The zero-order valence-electron chi connectivity index (χ0n) is 10.2. The van der Waals surface area contributed by atoms with E-state index in [1.54, 1.807) is 0 Å². The maximum atomic E-state index is 4.12. The SMILES string of the molecule is [Fe][c]1cccc2cc3cc4ccccc4cc3cc12. The van der Waals surface area contributed by atoms with Gasteiger partial charge in [0.1, 0.15) is 0 Å². The second-order valence-electron chi connectivity index (χ2n) is 4.85. The Morgan fingerprint density at radius 1 is 0.526 bits per heavy atom. The van der Waals surface area contributed by atoms with Crippen LogP contribution in [0.25, 0.3) is 32.3 Å². The van der Waals surface area contributed by atoms with E-state index < -0.39 is 0 Å². The van der Waals surface area contributed by atoms with Gasteiger partial charge in [-0.1, -0.05) is 0 Å². The Kier molecular flexibility index (Phi) is 2.38. The molecule has 0 heterocycles. The van der Waals surface area contributed by atoms with Gasteiger partial charge in [0.15, 0.2) is 0 Å². The van der Waals surface area contributed by atoms with Crippen LogP contribution in [0.1, 0.15) is 0 Å². The Morgan fingerprint density at radius 3 is 1.84 bits per heavy atom. The maximum absolute atomic E-state index is 4.12. The molecular weight excluding hydrogens is 272 g/mol. The first-order chi connectivity index (χ1) is 9.31. The Morgan fingerprint density at radius 2 is 1.11 bits per heavy atom. The van der Waals surface area contributed by atoms with Gasteiger partial charge >= 0.3 is 120 Å². The minimum atomic E-state index is 1.09. The van der Waals surface area contributed by atoms with Crippen molar-refractivity contribution in [3.63, 3.8) is 0 Å². The summed E-state index contributed by atoms with van der Waals surface area (Å²) in [7, 11) is 0. The zero-order valence-corrected chi connectivity index (χ0v) is 11.3. The van der Waals surface area contributed by atoms with E-state index in [0.717, 1.165) is 4.46 Å². The molecular formula is C18H11Fe. The number of hydrogen-bond donors (Lipinski definition) is 0. The molecule has 0 nitrogen and oxygen atoms in total. The van der Waals surface area contributed by atoms with E-state index in [4.69, 9.17) is 0 Å². The Balaban J connectivity index is 2.20. The van der Waals surface area contributed by atoms with Gasteiger partial charge in [0, 0.05) is 0 Å². The van der Waals surface area contributed by atoms with Gasteiger partial charge in [0.2, 0.25) is 0 Å². The van der Waals surface area contributed by atoms with Crippen LogP contribution in [-0.4, -0.2) is 0 Å². The molecule has 0 fully saturated rings. The molecule has 4 aromatic carbocycles. The predicted octanol–water partition coefficient (Wildman–Crippen LogP) is 4.32. The first kappa shape index (κ1) is 11.0. The summed E-state index contributed by atoms with van der Waals surface area (Å²) in [4.78, 5) is 0. The number of fused-ring (bicyclic) bond motifs is 3. The molecule has 0 saturated carbocycles. The van der Waals surface area contributed by atoms with Crippen molar-refractivity contribution in [2.24, 2.45) is 0 Å². The average molecular weight is 283 g/mol. The predicted molar refractivity (Wildman–Crippen MR) is 78.6 cm³/mol. The van der Waals surface area contributed by atoms with Crippen LogP contribution in [0.3, 0.4) is 0 Å². The molecule has 91 valence electrons. The van der Waals surface area contributed by atoms with Gasteiger partial charge in [-0.2, -0.15) is 0 Å². The second-order valence-corrected chi connectivity index (χ2v) is 5.44. The van der Waals surface area contributed by atoms with Crippen molar-refractivity contribution in [3.8, 4) is 0 Å². The fourth-order valence-corrected chi connectivity index (χ4v) is 3.02. The molecule has 0 saturated heterocycles. The van der Waals surface area contributed by atoms with Crippen LogP contribution in [0.15, 0.2) is 66.7 Å². The van der Waals surface area contributed by atoms with E-state index in [-0.39, 0.29) is 0 Å². The molecule has 0 N–H and O–H groups in total. The fraction of sp³-hybridized carbons (Fsp3) is 0. The standard InChI is InChI=1S/C18H11.Fe/c1-2-6-14-10-18-12-16-8-4-3-7-15(16)11-17(18)9-13(14)5-1;/h1-7,9-12H;. The van der Waals surface area contributed by atoms with Crippen molar-refractivity contribution in [2.45, 2.75) is 0 Å². The summed E-state index contributed by atoms with van der Waals surface area (Å²) in [5, 5.41) is 7.65. The van der Waals surface area contributed by atoms with Crippen molar-refractivity contribution in [1.82, 2.24) is 0 Å². The number of benzene rings is 4. The van der Waals surface area contributed by atoms with Crippen LogP contribution in [0.5, 0.6) is 0 Å². The molecule has 1 heteroatoms. The van der Waals surface area contributed by atoms with Crippen molar-refractivity contribution in [1.29, 1.82) is 0 Å². The molecule has 4 aromatic rings. The summed E-state index contributed by atoms with van der Waals surface area (Å²) in [5.41, 5.74) is 0. The molecule has 0 unspecified atom stereocenters. The third-order valence-corrected chi connectivity index (χ3v) is 4.12. The van der Waals surface area contributed by atoms with E-state index in [1.807, 2.05) is 0 Å².